The fourth-order valence-corrected chi connectivity index (χ4v) is 0.909. The highest BCUT2D eigenvalue weighted by molar-refractivity contribution is 5.87. The Balaban J connectivity index is 2.31. The first-order valence-corrected chi connectivity index (χ1v) is 4.23. The van der Waals surface area contributed by atoms with E-state index in [1.807, 2.05) is 13.0 Å². The normalized spacial score (nSPS) is 23.2. The molecule has 3 nitrogen and oxygen atoms in total. The fourth-order valence-electron chi connectivity index (χ4n) is 0.909. The number of hydrogen-bond donors (Lipinski definition) is 0. The van der Waals surface area contributed by atoms with E-state index in [-0.39, 0.29) is 12.3 Å². The number of carbonyl (C=O) groups excluding carboxylic acids is 1. The maximum absolute atomic E-state index is 11.2. The molecule has 0 aromatic rings. The highest BCUT2D eigenvalue weighted by atomic mass is 16.7. The molecule has 0 amide bonds. The van der Waals surface area contributed by atoms with Crippen LogP contribution >= 0.6 is 0 Å². The van der Waals surface area contributed by atoms with Crippen LogP contribution in [-0.2, 0) is 14.3 Å². The van der Waals surface area contributed by atoms with E-state index in [2.05, 4.69) is 0 Å². The average Bonchev–Trinajstić information content (AvgIpc) is 1.97. The van der Waals surface area contributed by atoms with Crippen LogP contribution in [0.15, 0.2) is 11.6 Å². The molecule has 0 aromatic carbocycles. The summed E-state index contributed by atoms with van der Waals surface area (Å²) < 4.78 is 9.93. The molecule has 0 saturated carbocycles. The topological polar surface area (TPSA) is 35.5 Å². The van der Waals surface area contributed by atoms with Crippen LogP contribution in [0.25, 0.3) is 0 Å². The summed E-state index contributed by atoms with van der Waals surface area (Å²) >= 11 is 0. The first kappa shape index (κ1) is 9.26. The van der Waals surface area contributed by atoms with Gasteiger partial charge in [-0.1, -0.05) is 13.0 Å². The highest BCUT2D eigenvalue weighted by Gasteiger charge is 2.22. The van der Waals surface area contributed by atoms with E-state index in [1.54, 1.807) is 6.92 Å². The molecule has 12 heavy (non-hydrogen) atoms. The average molecular weight is 170 g/mol. The van der Waals surface area contributed by atoms with Crippen molar-refractivity contribution in [1.82, 2.24) is 0 Å². The summed E-state index contributed by atoms with van der Waals surface area (Å²) in [6.45, 7) is 4.44. The maximum atomic E-state index is 11.2. The van der Waals surface area contributed by atoms with Gasteiger partial charge in [-0.05, 0) is 13.3 Å². The second-order valence-corrected chi connectivity index (χ2v) is 2.79. The zero-order valence-corrected chi connectivity index (χ0v) is 7.50. The lowest BCUT2D eigenvalue weighted by atomic mass is 10.2. The van der Waals surface area contributed by atoms with E-state index >= 15 is 0 Å². The smallest absolute Gasteiger partial charge is 0.335 e. The highest BCUT2D eigenvalue weighted by Crippen LogP contribution is 2.14. The molecule has 1 rings (SSSR count). The molecule has 0 radical (unpaired) electrons. The molecule has 1 fully saturated rings. The fraction of sp³-hybridized carbons (Fsp3) is 0.667. The Bertz CT molecular complexity index is 192. The van der Waals surface area contributed by atoms with Crippen molar-refractivity contribution in [3.05, 3.63) is 11.6 Å². The van der Waals surface area contributed by atoms with Crippen molar-refractivity contribution in [2.75, 3.05) is 6.61 Å². The summed E-state index contributed by atoms with van der Waals surface area (Å²) in [5, 5.41) is 0. The van der Waals surface area contributed by atoms with Gasteiger partial charge in [0.15, 0.2) is 0 Å². The van der Waals surface area contributed by atoms with Gasteiger partial charge in [0.25, 0.3) is 0 Å². The molecule has 1 aliphatic heterocycles. The molecule has 1 atom stereocenters. The number of esters is 1. The maximum Gasteiger partial charge on any atom is 0.335 e. The van der Waals surface area contributed by atoms with Crippen molar-refractivity contribution in [3.63, 3.8) is 0 Å². The number of rotatable bonds is 3. The first-order valence-electron chi connectivity index (χ1n) is 4.23. The lowest BCUT2D eigenvalue weighted by Gasteiger charge is -2.25. The largest absolute Gasteiger partial charge is 0.432 e. The Labute approximate surface area is 72.4 Å². The van der Waals surface area contributed by atoms with E-state index in [0.29, 0.717) is 12.2 Å². The van der Waals surface area contributed by atoms with Gasteiger partial charge in [0, 0.05) is 12.0 Å². The molecule has 0 bridgehead atoms. The number of hydrogen-bond acceptors (Lipinski definition) is 3. The molecule has 0 aliphatic carbocycles. The summed E-state index contributed by atoms with van der Waals surface area (Å²) in [5.41, 5.74) is 0.660. The van der Waals surface area contributed by atoms with Crippen LogP contribution in [0.1, 0.15) is 26.7 Å². The Kier molecular flexibility index (Phi) is 3.29. The van der Waals surface area contributed by atoms with Crippen LogP contribution in [0.4, 0.5) is 0 Å². The van der Waals surface area contributed by atoms with Crippen LogP contribution in [0.2, 0.25) is 0 Å². The predicted molar refractivity (Wildman–Crippen MR) is 44.5 cm³/mol. The minimum atomic E-state index is -0.294. The molecule has 0 spiro atoms. The summed E-state index contributed by atoms with van der Waals surface area (Å²) in [7, 11) is 0. The molecule has 1 saturated heterocycles. The molecule has 1 unspecified atom stereocenters. The quantitative estimate of drug-likeness (QED) is 0.477. The summed E-state index contributed by atoms with van der Waals surface area (Å²) in [6, 6.07) is 0. The molecule has 3 heteroatoms. The van der Waals surface area contributed by atoms with Crippen molar-refractivity contribution in [2.24, 2.45) is 0 Å². The first-order chi connectivity index (χ1) is 5.74. The number of ether oxygens (including phenoxy) is 2. The molecule has 0 N–H and O–H groups in total. The van der Waals surface area contributed by atoms with Gasteiger partial charge < -0.3 is 9.47 Å². The van der Waals surface area contributed by atoms with Gasteiger partial charge >= 0.3 is 5.97 Å². The van der Waals surface area contributed by atoms with E-state index in [4.69, 9.17) is 9.47 Å². The molecule has 68 valence electrons. The van der Waals surface area contributed by atoms with E-state index in [0.717, 1.165) is 12.8 Å². The Morgan fingerprint density at radius 2 is 2.42 bits per heavy atom. The molecule has 0 aromatic heterocycles. The zero-order chi connectivity index (χ0) is 8.97. The summed E-state index contributed by atoms with van der Waals surface area (Å²) in [4.78, 5) is 11.2. The van der Waals surface area contributed by atoms with Crippen LogP contribution in [0, 0.1) is 0 Å². The van der Waals surface area contributed by atoms with Crippen molar-refractivity contribution in [1.29, 1.82) is 0 Å². The van der Waals surface area contributed by atoms with Gasteiger partial charge in [0.05, 0.1) is 6.61 Å². The van der Waals surface area contributed by atoms with E-state index in [9.17, 15) is 4.79 Å². The van der Waals surface area contributed by atoms with Crippen molar-refractivity contribution >= 4 is 5.97 Å². The van der Waals surface area contributed by atoms with Crippen LogP contribution in [0.3, 0.4) is 0 Å². The molecular formula is C9H14O3. The van der Waals surface area contributed by atoms with Gasteiger partial charge in [-0.25, -0.2) is 4.79 Å². The van der Waals surface area contributed by atoms with Crippen molar-refractivity contribution < 1.29 is 14.3 Å². The van der Waals surface area contributed by atoms with Gasteiger partial charge in [-0.2, -0.15) is 0 Å². The van der Waals surface area contributed by atoms with Crippen LogP contribution in [-0.4, -0.2) is 18.9 Å². The van der Waals surface area contributed by atoms with Gasteiger partial charge in [-0.3, -0.25) is 0 Å². The number of carbonyl (C=O) groups is 1. The third-order valence-electron chi connectivity index (χ3n) is 1.73. The summed E-state index contributed by atoms with van der Waals surface area (Å²) in [6.07, 6.45) is 3.23. The molecular weight excluding hydrogens is 156 g/mol. The molecule has 1 aliphatic rings. The lowest BCUT2D eigenvalue weighted by molar-refractivity contribution is -0.212. The minimum absolute atomic E-state index is 0.262. The standard InChI is InChI=1S/C9H14O3/c1-3-4-7(2)9(10)12-8-5-6-11-8/h4,8H,3,5-6H2,1-2H3/b7-4+. The van der Waals surface area contributed by atoms with E-state index < -0.39 is 0 Å². The number of allylic oxidation sites excluding steroid dienone is 1. The Morgan fingerprint density at radius 3 is 2.83 bits per heavy atom. The third-order valence-corrected chi connectivity index (χ3v) is 1.73. The van der Waals surface area contributed by atoms with E-state index in [1.165, 1.54) is 0 Å². The lowest BCUT2D eigenvalue weighted by Crippen LogP contribution is -2.32. The van der Waals surface area contributed by atoms with Gasteiger partial charge in [-0.15, -0.1) is 0 Å². The van der Waals surface area contributed by atoms with Gasteiger partial charge in [0.2, 0.25) is 6.29 Å². The van der Waals surface area contributed by atoms with Crippen LogP contribution in [0.5, 0.6) is 0 Å². The molecule has 1 heterocycles. The Hall–Kier alpha value is -0.830. The third kappa shape index (κ3) is 2.34. The second kappa shape index (κ2) is 4.26. The van der Waals surface area contributed by atoms with Crippen LogP contribution < -0.4 is 0 Å². The second-order valence-electron chi connectivity index (χ2n) is 2.79. The zero-order valence-electron chi connectivity index (χ0n) is 7.50. The van der Waals surface area contributed by atoms with Crippen molar-refractivity contribution in [3.8, 4) is 0 Å². The monoisotopic (exact) mass is 170 g/mol. The predicted octanol–water partition coefficient (Wildman–Crippen LogP) is 1.63. The SMILES string of the molecule is CC/C=C(\C)C(=O)OC1CCO1. The minimum Gasteiger partial charge on any atom is -0.432 e. The Morgan fingerprint density at radius 1 is 1.75 bits per heavy atom. The summed E-state index contributed by atoms with van der Waals surface area (Å²) in [5.74, 6) is -0.262. The van der Waals surface area contributed by atoms with Crippen molar-refractivity contribution in [2.45, 2.75) is 33.0 Å². The van der Waals surface area contributed by atoms with Gasteiger partial charge in [0.1, 0.15) is 0 Å².